The van der Waals surface area contributed by atoms with Crippen LogP contribution in [-0.4, -0.2) is 33.1 Å². The standard InChI is InChI=1S/C16H12Cl2N4O2/c1-24-15-7-6-10(8-13(15)18)14(23)9-22-20-16(19-21-22)11-4-2-3-5-12(11)17/h2-8H,9H2,1H3. The first-order chi connectivity index (χ1) is 11.6. The molecule has 2 aromatic carbocycles. The van der Waals surface area contributed by atoms with Crippen LogP contribution in [0.4, 0.5) is 0 Å². The summed E-state index contributed by atoms with van der Waals surface area (Å²) in [4.78, 5) is 13.5. The first-order valence-electron chi connectivity index (χ1n) is 6.98. The number of halogens is 2. The number of carbonyl (C=O) groups excluding carboxylic acids is 1. The number of ketones is 1. The van der Waals surface area contributed by atoms with Crippen molar-refractivity contribution in [1.82, 2.24) is 20.2 Å². The van der Waals surface area contributed by atoms with Crippen molar-refractivity contribution in [3.05, 3.63) is 58.1 Å². The van der Waals surface area contributed by atoms with Gasteiger partial charge in [0.1, 0.15) is 12.3 Å². The number of benzene rings is 2. The van der Waals surface area contributed by atoms with E-state index in [-0.39, 0.29) is 12.3 Å². The Hall–Kier alpha value is -2.44. The minimum absolute atomic E-state index is 0.0554. The molecule has 3 aromatic rings. The molecule has 0 saturated carbocycles. The lowest BCUT2D eigenvalue weighted by atomic mass is 10.1. The summed E-state index contributed by atoms with van der Waals surface area (Å²) in [6, 6.07) is 12.0. The van der Waals surface area contributed by atoms with E-state index in [1.807, 2.05) is 12.1 Å². The van der Waals surface area contributed by atoms with E-state index in [0.29, 0.717) is 32.7 Å². The lowest BCUT2D eigenvalue weighted by molar-refractivity contribution is 0.0961. The number of tetrazole rings is 1. The normalized spacial score (nSPS) is 10.6. The second kappa shape index (κ2) is 6.98. The predicted molar refractivity (Wildman–Crippen MR) is 90.6 cm³/mol. The van der Waals surface area contributed by atoms with Gasteiger partial charge < -0.3 is 4.74 Å². The number of rotatable bonds is 5. The van der Waals surface area contributed by atoms with Crippen molar-refractivity contribution in [2.75, 3.05) is 7.11 Å². The molecule has 0 aliphatic rings. The van der Waals surface area contributed by atoms with E-state index in [1.165, 1.54) is 11.9 Å². The van der Waals surface area contributed by atoms with Gasteiger partial charge in [0, 0.05) is 11.1 Å². The monoisotopic (exact) mass is 362 g/mol. The number of hydrogen-bond acceptors (Lipinski definition) is 5. The predicted octanol–water partition coefficient (Wildman–Crippen LogP) is 3.54. The number of nitrogens with zero attached hydrogens (tertiary/aromatic N) is 4. The molecule has 0 N–H and O–H groups in total. The molecule has 3 rings (SSSR count). The third-order valence-electron chi connectivity index (χ3n) is 3.33. The zero-order valence-corrected chi connectivity index (χ0v) is 14.1. The molecule has 0 aliphatic heterocycles. The fraction of sp³-hybridized carbons (Fsp3) is 0.125. The highest BCUT2D eigenvalue weighted by molar-refractivity contribution is 6.33. The molecule has 24 heavy (non-hydrogen) atoms. The summed E-state index contributed by atoms with van der Waals surface area (Å²) in [5.41, 5.74) is 1.10. The molecule has 0 bridgehead atoms. The molecule has 1 heterocycles. The number of Topliss-reactive ketones (excluding diaryl/α,β-unsaturated/α-hetero) is 1. The Morgan fingerprint density at radius 2 is 1.96 bits per heavy atom. The minimum Gasteiger partial charge on any atom is -0.495 e. The van der Waals surface area contributed by atoms with Crippen LogP contribution in [0.3, 0.4) is 0 Å². The van der Waals surface area contributed by atoms with Gasteiger partial charge in [-0.05, 0) is 35.5 Å². The molecule has 0 spiro atoms. The Kier molecular flexibility index (Phi) is 4.78. The van der Waals surface area contributed by atoms with Crippen LogP contribution in [0.25, 0.3) is 11.4 Å². The summed E-state index contributed by atoms with van der Waals surface area (Å²) in [6.45, 7) is -0.0554. The summed E-state index contributed by atoms with van der Waals surface area (Å²) in [5, 5.41) is 12.9. The number of aromatic nitrogens is 4. The van der Waals surface area contributed by atoms with Crippen LogP contribution < -0.4 is 4.74 Å². The highest BCUT2D eigenvalue weighted by Crippen LogP contribution is 2.26. The van der Waals surface area contributed by atoms with Gasteiger partial charge in [-0.2, -0.15) is 4.80 Å². The second-order valence-corrected chi connectivity index (χ2v) is 5.71. The van der Waals surface area contributed by atoms with E-state index in [2.05, 4.69) is 15.4 Å². The van der Waals surface area contributed by atoms with Gasteiger partial charge in [0.25, 0.3) is 0 Å². The van der Waals surface area contributed by atoms with Crippen molar-refractivity contribution in [1.29, 1.82) is 0 Å². The first kappa shape index (κ1) is 16.4. The Bertz CT molecular complexity index is 895. The molecule has 122 valence electrons. The molecular weight excluding hydrogens is 351 g/mol. The zero-order chi connectivity index (χ0) is 17.1. The van der Waals surface area contributed by atoms with Crippen molar-refractivity contribution < 1.29 is 9.53 Å². The van der Waals surface area contributed by atoms with Crippen molar-refractivity contribution in [3.63, 3.8) is 0 Å². The SMILES string of the molecule is COc1ccc(C(=O)Cn2nnc(-c3ccccc3Cl)n2)cc1Cl. The van der Waals surface area contributed by atoms with E-state index in [0.717, 1.165) is 0 Å². The smallest absolute Gasteiger partial charge is 0.206 e. The molecule has 0 amide bonds. The molecule has 0 radical (unpaired) electrons. The molecule has 0 saturated heterocycles. The molecule has 0 aliphatic carbocycles. The number of methoxy groups -OCH3 is 1. The van der Waals surface area contributed by atoms with E-state index in [9.17, 15) is 4.79 Å². The Balaban J connectivity index is 1.78. The van der Waals surface area contributed by atoms with E-state index < -0.39 is 0 Å². The lowest BCUT2D eigenvalue weighted by Gasteiger charge is -2.05. The lowest BCUT2D eigenvalue weighted by Crippen LogP contribution is -2.13. The molecule has 0 fully saturated rings. The molecule has 0 unspecified atom stereocenters. The van der Waals surface area contributed by atoms with Crippen molar-refractivity contribution in [2.24, 2.45) is 0 Å². The van der Waals surface area contributed by atoms with Crippen LogP contribution in [-0.2, 0) is 6.54 Å². The Morgan fingerprint density at radius 3 is 2.67 bits per heavy atom. The van der Waals surface area contributed by atoms with E-state index in [4.69, 9.17) is 27.9 Å². The topological polar surface area (TPSA) is 69.9 Å². The fourth-order valence-corrected chi connectivity index (χ4v) is 2.60. The maximum absolute atomic E-state index is 12.3. The summed E-state index contributed by atoms with van der Waals surface area (Å²) < 4.78 is 5.07. The van der Waals surface area contributed by atoms with E-state index in [1.54, 1.807) is 30.3 Å². The highest BCUT2D eigenvalue weighted by Gasteiger charge is 2.14. The maximum atomic E-state index is 12.3. The second-order valence-electron chi connectivity index (χ2n) is 4.90. The minimum atomic E-state index is -0.192. The average Bonchev–Trinajstić information content (AvgIpc) is 3.03. The van der Waals surface area contributed by atoms with E-state index >= 15 is 0 Å². The van der Waals surface area contributed by atoms with Crippen LogP contribution in [0.15, 0.2) is 42.5 Å². The highest BCUT2D eigenvalue weighted by atomic mass is 35.5. The third kappa shape index (κ3) is 3.39. The zero-order valence-electron chi connectivity index (χ0n) is 12.6. The molecule has 8 heteroatoms. The number of ether oxygens (including phenoxy) is 1. The molecule has 1 aromatic heterocycles. The van der Waals surface area contributed by atoms with Gasteiger partial charge in [-0.25, -0.2) is 0 Å². The molecule has 6 nitrogen and oxygen atoms in total. The van der Waals surface area contributed by atoms with Crippen LogP contribution in [0, 0.1) is 0 Å². The van der Waals surface area contributed by atoms with Crippen molar-refractivity contribution >= 4 is 29.0 Å². The summed E-state index contributed by atoms with van der Waals surface area (Å²) in [5.74, 6) is 0.678. The molecular formula is C16H12Cl2N4O2. The van der Waals surface area contributed by atoms with Crippen molar-refractivity contribution in [2.45, 2.75) is 6.54 Å². The summed E-state index contributed by atoms with van der Waals surface area (Å²) >= 11 is 12.1. The number of hydrogen-bond donors (Lipinski definition) is 0. The van der Waals surface area contributed by atoms with Crippen LogP contribution in [0.5, 0.6) is 5.75 Å². The largest absolute Gasteiger partial charge is 0.495 e. The van der Waals surface area contributed by atoms with Gasteiger partial charge >= 0.3 is 0 Å². The third-order valence-corrected chi connectivity index (χ3v) is 3.95. The van der Waals surface area contributed by atoms with Crippen LogP contribution in [0.2, 0.25) is 10.0 Å². The molecule has 0 atom stereocenters. The van der Waals surface area contributed by atoms with Gasteiger partial charge in [0.05, 0.1) is 17.2 Å². The van der Waals surface area contributed by atoms with Crippen LogP contribution >= 0.6 is 23.2 Å². The average molecular weight is 363 g/mol. The summed E-state index contributed by atoms with van der Waals surface area (Å²) in [7, 11) is 1.51. The van der Waals surface area contributed by atoms with Gasteiger partial charge in [-0.1, -0.05) is 35.3 Å². The van der Waals surface area contributed by atoms with Crippen LogP contribution in [0.1, 0.15) is 10.4 Å². The van der Waals surface area contributed by atoms with Gasteiger partial charge in [-0.3, -0.25) is 4.79 Å². The maximum Gasteiger partial charge on any atom is 0.206 e. The fourth-order valence-electron chi connectivity index (χ4n) is 2.12. The first-order valence-corrected chi connectivity index (χ1v) is 7.73. The quantitative estimate of drug-likeness (QED) is 0.649. The van der Waals surface area contributed by atoms with Gasteiger partial charge in [0.15, 0.2) is 5.78 Å². The summed E-state index contributed by atoms with van der Waals surface area (Å²) in [6.07, 6.45) is 0. The Morgan fingerprint density at radius 1 is 1.17 bits per heavy atom. The number of carbonyl (C=O) groups is 1. The van der Waals surface area contributed by atoms with Crippen molar-refractivity contribution in [3.8, 4) is 17.1 Å². The van der Waals surface area contributed by atoms with Gasteiger partial charge in [-0.15, -0.1) is 10.2 Å². The van der Waals surface area contributed by atoms with Gasteiger partial charge in [0.2, 0.25) is 5.82 Å². The Labute approximate surface area is 148 Å².